The summed E-state index contributed by atoms with van der Waals surface area (Å²) in [6, 6.07) is 9.48. The third-order valence-corrected chi connectivity index (χ3v) is 5.02. The first-order valence-electron chi connectivity index (χ1n) is 8.88. The van der Waals surface area contributed by atoms with E-state index in [9.17, 15) is 9.90 Å². The maximum absolute atomic E-state index is 12.4. The van der Waals surface area contributed by atoms with Crippen molar-refractivity contribution in [2.24, 2.45) is 5.41 Å². The molecule has 1 aliphatic rings. The number of rotatable bonds is 8. The van der Waals surface area contributed by atoms with Crippen LogP contribution in [0.4, 0.5) is 4.79 Å². The SMILES string of the molecule is COCC(NC(=O)NCC1(CCO)CCCCC1)c1ccccc1. The first-order valence-corrected chi connectivity index (χ1v) is 8.88. The van der Waals surface area contributed by atoms with E-state index in [0.29, 0.717) is 13.2 Å². The third-order valence-electron chi connectivity index (χ3n) is 5.02. The van der Waals surface area contributed by atoms with Crippen LogP contribution in [0.15, 0.2) is 30.3 Å². The number of aliphatic hydroxyl groups is 1. The van der Waals surface area contributed by atoms with Crippen LogP contribution in [0.1, 0.15) is 50.1 Å². The monoisotopic (exact) mass is 334 g/mol. The lowest BCUT2D eigenvalue weighted by Gasteiger charge is -2.37. The smallest absolute Gasteiger partial charge is 0.315 e. The van der Waals surface area contributed by atoms with Crippen molar-refractivity contribution in [1.82, 2.24) is 10.6 Å². The molecule has 0 radical (unpaired) electrons. The summed E-state index contributed by atoms with van der Waals surface area (Å²) in [6.45, 7) is 1.23. The summed E-state index contributed by atoms with van der Waals surface area (Å²) in [7, 11) is 1.63. The fourth-order valence-electron chi connectivity index (χ4n) is 3.60. The molecule has 5 nitrogen and oxygen atoms in total. The second kappa shape index (κ2) is 9.64. The standard InChI is InChI=1S/C19H30N2O3/c1-24-14-17(16-8-4-2-5-9-16)21-18(23)20-15-19(12-13-22)10-6-3-7-11-19/h2,4-5,8-9,17,22H,3,6-7,10-15H2,1H3,(H2,20,21,23). The molecule has 1 fully saturated rings. The van der Waals surface area contributed by atoms with Crippen LogP contribution >= 0.6 is 0 Å². The van der Waals surface area contributed by atoms with Gasteiger partial charge in [-0.2, -0.15) is 0 Å². The second-order valence-electron chi connectivity index (χ2n) is 6.78. The number of hydrogen-bond donors (Lipinski definition) is 3. The summed E-state index contributed by atoms with van der Waals surface area (Å²) in [4.78, 5) is 12.4. The summed E-state index contributed by atoms with van der Waals surface area (Å²) in [6.07, 6.45) is 6.53. The van der Waals surface area contributed by atoms with Gasteiger partial charge in [0.25, 0.3) is 0 Å². The molecule has 5 heteroatoms. The van der Waals surface area contributed by atoms with Gasteiger partial charge >= 0.3 is 6.03 Å². The number of methoxy groups -OCH3 is 1. The topological polar surface area (TPSA) is 70.6 Å². The second-order valence-corrected chi connectivity index (χ2v) is 6.78. The lowest BCUT2D eigenvalue weighted by Crippen LogP contribution is -2.45. The van der Waals surface area contributed by atoms with E-state index in [4.69, 9.17) is 4.74 Å². The molecule has 1 aromatic rings. The maximum atomic E-state index is 12.4. The Balaban J connectivity index is 1.90. The zero-order valence-electron chi connectivity index (χ0n) is 14.6. The van der Waals surface area contributed by atoms with Crippen molar-refractivity contribution in [3.05, 3.63) is 35.9 Å². The molecule has 0 aliphatic heterocycles. The van der Waals surface area contributed by atoms with Gasteiger partial charge in [0.05, 0.1) is 12.6 Å². The van der Waals surface area contributed by atoms with Gasteiger partial charge in [0, 0.05) is 20.3 Å². The predicted molar refractivity (Wildman–Crippen MR) is 94.8 cm³/mol. The Kier molecular flexibility index (Phi) is 7.53. The minimum Gasteiger partial charge on any atom is -0.396 e. The Hall–Kier alpha value is -1.59. The summed E-state index contributed by atoms with van der Waals surface area (Å²) in [5.74, 6) is 0. The molecule has 134 valence electrons. The molecule has 1 unspecified atom stereocenters. The molecule has 3 N–H and O–H groups in total. The minimum atomic E-state index is -0.177. The first-order chi connectivity index (χ1) is 11.7. The van der Waals surface area contributed by atoms with Crippen LogP contribution in [0.25, 0.3) is 0 Å². The van der Waals surface area contributed by atoms with Crippen LogP contribution in [0, 0.1) is 5.41 Å². The number of benzene rings is 1. The zero-order chi connectivity index (χ0) is 17.3. The third kappa shape index (κ3) is 5.49. The van der Waals surface area contributed by atoms with Gasteiger partial charge in [-0.05, 0) is 30.2 Å². The molecule has 0 aromatic heterocycles. The molecule has 0 spiro atoms. The normalized spacial score (nSPS) is 17.9. The number of hydrogen-bond acceptors (Lipinski definition) is 3. The van der Waals surface area contributed by atoms with Crippen molar-refractivity contribution in [1.29, 1.82) is 0 Å². The van der Waals surface area contributed by atoms with Gasteiger partial charge in [0.15, 0.2) is 0 Å². The van der Waals surface area contributed by atoms with Crippen molar-refractivity contribution in [3.8, 4) is 0 Å². The Labute approximate surface area is 144 Å². The molecule has 0 bridgehead atoms. The van der Waals surface area contributed by atoms with Crippen molar-refractivity contribution in [3.63, 3.8) is 0 Å². The van der Waals surface area contributed by atoms with E-state index in [1.807, 2.05) is 30.3 Å². The number of amides is 2. The Morgan fingerprint density at radius 1 is 1.25 bits per heavy atom. The molecule has 1 aliphatic carbocycles. The molecule has 24 heavy (non-hydrogen) atoms. The molecule has 1 aromatic carbocycles. The van der Waals surface area contributed by atoms with Gasteiger partial charge in [0.2, 0.25) is 0 Å². The van der Waals surface area contributed by atoms with Crippen molar-refractivity contribution < 1.29 is 14.6 Å². The highest BCUT2D eigenvalue weighted by Gasteiger charge is 2.32. The van der Waals surface area contributed by atoms with E-state index in [1.54, 1.807) is 7.11 Å². The van der Waals surface area contributed by atoms with E-state index in [-0.39, 0.29) is 24.1 Å². The van der Waals surface area contributed by atoms with Crippen LogP contribution in [-0.2, 0) is 4.74 Å². The number of nitrogens with one attached hydrogen (secondary N) is 2. The number of aliphatic hydroxyl groups excluding tert-OH is 1. The van der Waals surface area contributed by atoms with Crippen molar-refractivity contribution in [2.45, 2.75) is 44.6 Å². The quantitative estimate of drug-likeness (QED) is 0.684. The summed E-state index contributed by atoms with van der Waals surface area (Å²) in [5.41, 5.74) is 1.07. The fourth-order valence-corrected chi connectivity index (χ4v) is 3.60. The number of carbonyl (C=O) groups excluding carboxylic acids is 1. The fraction of sp³-hybridized carbons (Fsp3) is 0.632. The highest BCUT2D eigenvalue weighted by molar-refractivity contribution is 5.74. The minimum absolute atomic E-state index is 0.0494. The predicted octanol–water partition coefficient (Wildman–Crippen LogP) is 3.01. The molecular formula is C19H30N2O3. The summed E-state index contributed by atoms with van der Waals surface area (Å²) < 4.78 is 5.24. The molecule has 0 saturated heterocycles. The average molecular weight is 334 g/mol. The number of carbonyl (C=O) groups is 1. The van der Waals surface area contributed by atoms with Gasteiger partial charge in [-0.25, -0.2) is 4.79 Å². The Morgan fingerprint density at radius 2 is 1.96 bits per heavy atom. The van der Waals surface area contributed by atoms with Crippen LogP contribution in [-0.4, -0.2) is 38.0 Å². The van der Waals surface area contributed by atoms with Crippen LogP contribution in [0.2, 0.25) is 0 Å². The lowest BCUT2D eigenvalue weighted by atomic mass is 9.72. The zero-order valence-corrected chi connectivity index (χ0v) is 14.6. The van der Waals surface area contributed by atoms with E-state index in [0.717, 1.165) is 24.8 Å². The first kappa shape index (κ1) is 18.7. The summed E-state index contributed by atoms with van der Waals surface area (Å²) in [5, 5.41) is 15.4. The van der Waals surface area contributed by atoms with Crippen LogP contribution < -0.4 is 10.6 Å². The van der Waals surface area contributed by atoms with E-state index in [1.165, 1.54) is 19.3 Å². The Bertz CT molecular complexity index is 481. The van der Waals surface area contributed by atoms with Gasteiger partial charge in [-0.3, -0.25) is 0 Å². The van der Waals surface area contributed by atoms with E-state index >= 15 is 0 Å². The molecular weight excluding hydrogens is 304 g/mol. The van der Waals surface area contributed by atoms with E-state index in [2.05, 4.69) is 10.6 Å². The molecule has 1 atom stereocenters. The van der Waals surface area contributed by atoms with Gasteiger partial charge in [0.1, 0.15) is 0 Å². The average Bonchev–Trinajstić information content (AvgIpc) is 2.62. The highest BCUT2D eigenvalue weighted by atomic mass is 16.5. The Morgan fingerprint density at radius 3 is 2.58 bits per heavy atom. The van der Waals surface area contributed by atoms with Gasteiger partial charge < -0.3 is 20.5 Å². The van der Waals surface area contributed by atoms with Crippen LogP contribution in [0.3, 0.4) is 0 Å². The van der Waals surface area contributed by atoms with Gasteiger partial charge in [-0.1, -0.05) is 49.6 Å². The lowest BCUT2D eigenvalue weighted by molar-refractivity contribution is 0.126. The molecule has 0 heterocycles. The van der Waals surface area contributed by atoms with Gasteiger partial charge in [-0.15, -0.1) is 0 Å². The molecule has 2 amide bonds. The number of ether oxygens (including phenoxy) is 1. The summed E-state index contributed by atoms with van der Waals surface area (Å²) >= 11 is 0. The highest BCUT2D eigenvalue weighted by Crippen LogP contribution is 2.38. The van der Waals surface area contributed by atoms with Crippen molar-refractivity contribution in [2.75, 3.05) is 26.9 Å². The maximum Gasteiger partial charge on any atom is 0.315 e. The van der Waals surface area contributed by atoms with Crippen molar-refractivity contribution >= 4 is 6.03 Å². The van der Waals surface area contributed by atoms with E-state index < -0.39 is 0 Å². The number of urea groups is 1. The largest absolute Gasteiger partial charge is 0.396 e. The van der Waals surface area contributed by atoms with Crippen LogP contribution in [0.5, 0.6) is 0 Å². The molecule has 1 saturated carbocycles. The molecule has 2 rings (SSSR count).